The Morgan fingerprint density at radius 2 is 1.90 bits per heavy atom. The number of nitrogens with zero attached hydrogens (tertiary/aromatic N) is 4. The van der Waals surface area contributed by atoms with Gasteiger partial charge in [-0.25, -0.2) is 9.97 Å². The van der Waals surface area contributed by atoms with Gasteiger partial charge >= 0.3 is 6.18 Å². The fraction of sp³-hybridized carbons (Fsp3) is 0.600. The van der Waals surface area contributed by atoms with Crippen molar-refractivity contribution < 1.29 is 23.1 Å². The van der Waals surface area contributed by atoms with E-state index >= 15 is 0 Å². The first-order valence-electron chi connectivity index (χ1n) is 10.3. The van der Waals surface area contributed by atoms with Gasteiger partial charge < -0.3 is 15.3 Å². The number of fused-ring (bicyclic) bond motifs is 1. The number of nitrogens with one attached hydrogen (secondary N) is 2. The minimum Gasteiger partial charge on any atom is -0.383 e. The van der Waals surface area contributed by atoms with Crippen LogP contribution in [-0.2, 0) is 11.0 Å². The Morgan fingerprint density at radius 1 is 1.23 bits per heavy atom. The molecule has 4 heterocycles. The summed E-state index contributed by atoms with van der Waals surface area (Å²) in [7, 11) is 0. The van der Waals surface area contributed by atoms with E-state index in [0.29, 0.717) is 31.7 Å². The van der Waals surface area contributed by atoms with Crippen LogP contribution in [0.5, 0.6) is 0 Å². The fourth-order valence-electron chi connectivity index (χ4n) is 4.21. The zero-order valence-corrected chi connectivity index (χ0v) is 17.5. The normalized spacial score (nSPS) is 22.6. The van der Waals surface area contributed by atoms with Gasteiger partial charge in [0.15, 0.2) is 0 Å². The predicted molar refractivity (Wildman–Crippen MR) is 107 cm³/mol. The molecule has 3 N–H and O–H groups in total. The van der Waals surface area contributed by atoms with E-state index in [1.807, 2.05) is 4.90 Å². The molecule has 0 aliphatic carbocycles. The molecule has 0 radical (unpaired) electrons. The number of aliphatic hydroxyl groups excluding tert-OH is 1. The van der Waals surface area contributed by atoms with Crippen LogP contribution in [0.1, 0.15) is 74.1 Å². The van der Waals surface area contributed by atoms with Crippen LogP contribution in [0.4, 0.5) is 24.8 Å². The molecule has 0 aromatic carbocycles. The van der Waals surface area contributed by atoms with E-state index in [1.54, 1.807) is 20.8 Å². The Bertz CT molecular complexity index is 982. The van der Waals surface area contributed by atoms with Crippen LogP contribution >= 0.6 is 0 Å². The summed E-state index contributed by atoms with van der Waals surface area (Å²) < 4.78 is 39.9. The van der Waals surface area contributed by atoms with Gasteiger partial charge in [0.1, 0.15) is 29.3 Å². The highest BCUT2D eigenvalue weighted by molar-refractivity contribution is 5.97. The lowest BCUT2D eigenvalue weighted by molar-refractivity contribution is -0.141. The molecular weight excluding hydrogens is 413 g/mol. The fourth-order valence-corrected chi connectivity index (χ4v) is 4.21. The molecule has 1 saturated heterocycles. The Morgan fingerprint density at radius 3 is 2.52 bits per heavy atom. The molecule has 2 aromatic rings. The summed E-state index contributed by atoms with van der Waals surface area (Å²) in [5.74, 6) is -0.0499. The number of hydrogen-bond donors (Lipinski definition) is 3. The van der Waals surface area contributed by atoms with Crippen molar-refractivity contribution in [3.63, 3.8) is 0 Å². The summed E-state index contributed by atoms with van der Waals surface area (Å²) in [4.78, 5) is 21.7. The second kappa shape index (κ2) is 7.77. The van der Waals surface area contributed by atoms with Crippen LogP contribution in [0, 0.1) is 0 Å². The number of aromatic nitrogens is 4. The summed E-state index contributed by atoms with van der Waals surface area (Å²) in [5, 5.41) is 20.0. The van der Waals surface area contributed by atoms with Crippen molar-refractivity contribution >= 4 is 17.5 Å². The SMILES string of the molecule is CC(C)c1nc(N2CCC(c3n[nH]c4c3[C@H](C)[C@@H](O)C(=O)N4)CC2)cc(C(F)(F)F)n1. The first-order valence-corrected chi connectivity index (χ1v) is 10.3. The van der Waals surface area contributed by atoms with E-state index in [2.05, 4.69) is 25.5 Å². The van der Waals surface area contributed by atoms with Gasteiger partial charge in [0.25, 0.3) is 5.91 Å². The molecule has 2 aromatic heterocycles. The topological polar surface area (TPSA) is 107 Å². The van der Waals surface area contributed by atoms with E-state index in [0.717, 1.165) is 17.3 Å². The summed E-state index contributed by atoms with van der Waals surface area (Å²) in [6.07, 6.45) is -4.35. The van der Waals surface area contributed by atoms with Crippen molar-refractivity contribution in [2.75, 3.05) is 23.3 Å². The second-order valence-electron chi connectivity index (χ2n) is 8.50. The number of amides is 1. The van der Waals surface area contributed by atoms with Crippen molar-refractivity contribution in [3.8, 4) is 0 Å². The van der Waals surface area contributed by atoms with E-state index < -0.39 is 23.9 Å². The van der Waals surface area contributed by atoms with E-state index in [4.69, 9.17) is 0 Å². The van der Waals surface area contributed by atoms with Crippen molar-refractivity contribution in [1.29, 1.82) is 0 Å². The Labute approximate surface area is 177 Å². The lowest BCUT2D eigenvalue weighted by atomic mass is 9.84. The number of halogens is 3. The number of carbonyl (C=O) groups excluding carboxylic acids is 1. The van der Waals surface area contributed by atoms with Crippen LogP contribution in [0.25, 0.3) is 0 Å². The minimum absolute atomic E-state index is 0.0643. The number of carbonyl (C=O) groups is 1. The number of rotatable bonds is 3. The molecule has 8 nitrogen and oxygen atoms in total. The maximum atomic E-state index is 13.3. The highest BCUT2D eigenvalue weighted by Gasteiger charge is 2.38. The second-order valence-corrected chi connectivity index (χ2v) is 8.50. The van der Waals surface area contributed by atoms with Gasteiger partial charge in [0, 0.05) is 42.5 Å². The smallest absolute Gasteiger partial charge is 0.383 e. The summed E-state index contributed by atoms with van der Waals surface area (Å²) >= 11 is 0. The quantitative estimate of drug-likeness (QED) is 0.680. The third-order valence-electron chi connectivity index (χ3n) is 6.02. The van der Waals surface area contributed by atoms with E-state index in [1.165, 1.54) is 0 Å². The van der Waals surface area contributed by atoms with Crippen molar-refractivity contribution in [3.05, 3.63) is 28.8 Å². The van der Waals surface area contributed by atoms with Gasteiger partial charge in [-0.1, -0.05) is 20.8 Å². The number of aliphatic hydroxyl groups is 1. The van der Waals surface area contributed by atoms with Crippen LogP contribution in [0.3, 0.4) is 0 Å². The molecule has 1 fully saturated rings. The molecule has 0 saturated carbocycles. The average molecular weight is 438 g/mol. The Kier molecular flexibility index (Phi) is 5.40. The van der Waals surface area contributed by atoms with E-state index in [9.17, 15) is 23.1 Å². The van der Waals surface area contributed by atoms with Crippen molar-refractivity contribution in [1.82, 2.24) is 20.2 Å². The standard InChI is InChI=1S/C20H25F3N6O2/c1-9(2)17-24-12(20(21,22)23)8-13(25-17)29-6-4-11(5-7-29)15-14-10(3)16(30)19(31)26-18(14)28-27-15/h8-11,16,30H,4-7H2,1-3H3,(H2,26,27,28,31)/t10-,16+/m0/s1. The molecule has 31 heavy (non-hydrogen) atoms. The minimum atomic E-state index is -4.53. The van der Waals surface area contributed by atoms with Crippen molar-refractivity contribution in [2.45, 2.75) is 63.6 Å². The van der Waals surface area contributed by atoms with Gasteiger partial charge in [-0.15, -0.1) is 0 Å². The lowest BCUT2D eigenvalue weighted by Crippen LogP contribution is -2.38. The molecule has 11 heteroatoms. The number of H-pyrrole nitrogens is 1. The summed E-state index contributed by atoms with van der Waals surface area (Å²) in [6.45, 7) is 6.34. The Hall–Kier alpha value is -2.69. The highest BCUT2D eigenvalue weighted by Crippen LogP contribution is 2.40. The molecule has 2 atom stereocenters. The van der Waals surface area contributed by atoms with Crippen LogP contribution in [-0.4, -0.2) is 50.4 Å². The van der Waals surface area contributed by atoms with Gasteiger partial charge in [-0.05, 0) is 12.8 Å². The van der Waals surface area contributed by atoms with Gasteiger partial charge in [0.2, 0.25) is 0 Å². The van der Waals surface area contributed by atoms with Gasteiger partial charge in [-0.2, -0.15) is 18.3 Å². The molecule has 2 aliphatic heterocycles. The third-order valence-corrected chi connectivity index (χ3v) is 6.02. The number of anilines is 2. The molecule has 0 bridgehead atoms. The molecular formula is C20H25F3N6O2. The zero-order chi connectivity index (χ0) is 22.5. The summed E-state index contributed by atoms with van der Waals surface area (Å²) in [6, 6.07) is 1.01. The zero-order valence-electron chi connectivity index (χ0n) is 17.5. The van der Waals surface area contributed by atoms with Gasteiger partial charge in [0.05, 0.1) is 5.69 Å². The van der Waals surface area contributed by atoms with Gasteiger partial charge in [-0.3, -0.25) is 9.89 Å². The first kappa shape index (κ1) is 21.5. The van der Waals surface area contributed by atoms with Crippen LogP contribution < -0.4 is 10.2 Å². The third kappa shape index (κ3) is 3.98. The first-order chi connectivity index (χ1) is 14.6. The molecule has 4 rings (SSSR count). The summed E-state index contributed by atoms with van der Waals surface area (Å²) in [5.41, 5.74) is 0.667. The van der Waals surface area contributed by atoms with Crippen LogP contribution in [0.2, 0.25) is 0 Å². The maximum Gasteiger partial charge on any atom is 0.433 e. The highest BCUT2D eigenvalue weighted by atomic mass is 19.4. The maximum absolute atomic E-state index is 13.3. The molecule has 0 unspecified atom stereocenters. The Balaban J connectivity index is 1.54. The predicted octanol–water partition coefficient (Wildman–Crippen LogP) is 3.14. The monoisotopic (exact) mass is 438 g/mol. The number of piperidine rings is 1. The van der Waals surface area contributed by atoms with Crippen molar-refractivity contribution in [2.24, 2.45) is 0 Å². The molecule has 2 aliphatic rings. The largest absolute Gasteiger partial charge is 0.433 e. The van der Waals surface area contributed by atoms with Crippen LogP contribution in [0.15, 0.2) is 6.07 Å². The lowest BCUT2D eigenvalue weighted by Gasteiger charge is -2.34. The molecule has 168 valence electrons. The number of aromatic amines is 1. The average Bonchev–Trinajstić information content (AvgIpc) is 3.15. The number of alkyl halides is 3. The molecule has 1 amide bonds. The number of hydrogen-bond acceptors (Lipinski definition) is 6. The van der Waals surface area contributed by atoms with E-state index in [-0.39, 0.29) is 29.4 Å². The molecule has 0 spiro atoms.